The van der Waals surface area contributed by atoms with Crippen LogP contribution in [0, 0.1) is 5.92 Å². The minimum absolute atomic E-state index is 0.0328. The summed E-state index contributed by atoms with van der Waals surface area (Å²) in [6.07, 6.45) is 1.28. The fourth-order valence-corrected chi connectivity index (χ4v) is 3.98. The number of para-hydroxylation sites is 2. The topological polar surface area (TPSA) is 84.2 Å². The number of hydrogen-bond donors (Lipinski definition) is 2. The first-order chi connectivity index (χ1) is 16.0. The number of imidazole rings is 1. The van der Waals surface area contributed by atoms with E-state index in [-0.39, 0.29) is 12.2 Å². The molecule has 0 aliphatic rings. The molecule has 4 aromatic rings. The molecule has 1 atom stereocenters. The first kappa shape index (κ1) is 22.3. The first-order valence-electron chi connectivity index (χ1n) is 11.1. The number of aliphatic carboxylic acids is 1. The van der Waals surface area contributed by atoms with E-state index in [0.717, 1.165) is 40.2 Å². The molecular weight excluding hydrogens is 414 g/mol. The minimum Gasteiger partial charge on any atom is -0.481 e. The second-order valence-electron chi connectivity index (χ2n) is 8.21. The summed E-state index contributed by atoms with van der Waals surface area (Å²) in [6, 6.07) is 23.4. The lowest BCUT2D eigenvalue weighted by molar-refractivity contribution is -0.141. The fraction of sp³-hybridized carbons (Fsp3) is 0.222. The summed E-state index contributed by atoms with van der Waals surface area (Å²) in [5, 5.41) is 12.7. The van der Waals surface area contributed by atoms with Crippen molar-refractivity contribution >= 4 is 34.4 Å². The van der Waals surface area contributed by atoms with E-state index in [1.165, 1.54) is 0 Å². The summed E-state index contributed by atoms with van der Waals surface area (Å²) in [7, 11) is 1.98. The van der Waals surface area contributed by atoms with Gasteiger partial charge in [0.05, 0.1) is 17.0 Å². The Morgan fingerprint density at radius 1 is 0.970 bits per heavy atom. The predicted octanol–water partition coefficient (Wildman–Crippen LogP) is 6.06. The summed E-state index contributed by atoms with van der Waals surface area (Å²) < 4.78 is 2.02. The summed E-state index contributed by atoms with van der Waals surface area (Å²) in [6.45, 7) is 1.93. The fourth-order valence-electron chi connectivity index (χ4n) is 3.98. The third-order valence-corrected chi connectivity index (χ3v) is 5.89. The molecule has 4 rings (SSSR count). The zero-order chi connectivity index (χ0) is 23.4. The number of aryl methyl sites for hydroxylation is 1. The smallest absolute Gasteiger partial charge is 0.306 e. The zero-order valence-corrected chi connectivity index (χ0v) is 18.8. The van der Waals surface area contributed by atoms with E-state index in [1.54, 1.807) is 12.1 Å². The molecular formula is C27H27N3O3. The van der Waals surface area contributed by atoms with Crippen molar-refractivity contribution in [2.75, 3.05) is 5.32 Å². The monoisotopic (exact) mass is 441 g/mol. The molecule has 0 saturated carbocycles. The van der Waals surface area contributed by atoms with Gasteiger partial charge in [-0.15, -0.1) is 0 Å². The van der Waals surface area contributed by atoms with Crippen LogP contribution < -0.4 is 5.32 Å². The van der Waals surface area contributed by atoms with Gasteiger partial charge in [-0.05, 0) is 41.8 Å². The molecule has 0 bridgehead atoms. The highest BCUT2D eigenvalue weighted by atomic mass is 16.4. The highest BCUT2D eigenvalue weighted by molar-refractivity contribution is 5.98. The molecule has 6 nitrogen and oxygen atoms in total. The van der Waals surface area contributed by atoms with Gasteiger partial charge in [-0.2, -0.15) is 0 Å². The van der Waals surface area contributed by atoms with Crippen LogP contribution in [0.2, 0.25) is 0 Å². The standard InChI is InChI=1S/C27H27N3O3/c1-3-6-21(26(32)33)17-25(31)20-11-9-18(10-12-20)19-13-15-22(16-14-19)28-27-29-23-7-4-5-8-24(23)30(27)2/h4-5,7-16,21H,3,6,17H2,1-2H3,(H,28,29)(H,32,33). The molecule has 0 radical (unpaired) electrons. The first-order valence-corrected chi connectivity index (χ1v) is 11.1. The number of nitrogens with one attached hydrogen (secondary N) is 1. The predicted molar refractivity (Wildman–Crippen MR) is 131 cm³/mol. The Morgan fingerprint density at radius 2 is 1.61 bits per heavy atom. The lowest BCUT2D eigenvalue weighted by Crippen LogP contribution is -2.17. The number of carboxylic acids is 1. The number of hydrogen-bond acceptors (Lipinski definition) is 4. The maximum Gasteiger partial charge on any atom is 0.306 e. The molecule has 0 aliphatic heterocycles. The molecule has 0 fully saturated rings. The number of anilines is 2. The van der Waals surface area contributed by atoms with E-state index in [1.807, 2.05) is 79.2 Å². The Balaban J connectivity index is 1.45. The molecule has 1 unspecified atom stereocenters. The van der Waals surface area contributed by atoms with Gasteiger partial charge in [0, 0.05) is 24.7 Å². The van der Waals surface area contributed by atoms with Crippen LogP contribution in [0.1, 0.15) is 36.5 Å². The Kier molecular flexibility index (Phi) is 6.54. The number of fused-ring (bicyclic) bond motifs is 1. The molecule has 6 heteroatoms. The van der Waals surface area contributed by atoms with Crippen molar-refractivity contribution in [1.29, 1.82) is 0 Å². The number of carboxylic acid groups (broad SMARTS) is 1. The lowest BCUT2D eigenvalue weighted by Gasteiger charge is -2.11. The van der Waals surface area contributed by atoms with Crippen LogP contribution in [-0.4, -0.2) is 26.4 Å². The molecule has 2 N–H and O–H groups in total. The van der Waals surface area contributed by atoms with Gasteiger partial charge in [-0.3, -0.25) is 9.59 Å². The largest absolute Gasteiger partial charge is 0.481 e. The van der Waals surface area contributed by atoms with Crippen LogP contribution in [-0.2, 0) is 11.8 Å². The molecule has 33 heavy (non-hydrogen) atoms. The highest BCUT2D eigenvalue weighted by Crippen LogP contribution is 2.26. The average molecular weight is 442 g/mol. The maximum absolute atomic E-state index is 12.5. The van der Waals surface area contributed by atoms with Crippen molar-refractivity contribution in [3.05, 3.63) is 78.4 Å². The number of ketones is 1. The van der Waals surface area contributed by atoms with E-state index in [0.29, 0.717) is 12.0 Å². The van der Waals surface area contributed by atoms with Crippen LogP contribution in [0.5, 0.6) is 0 Å². The van der Waals surface area contributed by atoms with Crippen molar-refractivity contribution in [3.8, 4) is 11.1 Å². The second-order valence-corrected chi connectivity index (χ2v) is 8.21. The van der Waals surface area contributed by atoms with Crippen molar-refractivity contribution in [1.82, 2.24) is 9.55 Å². The van der Waals surface area contributed by atoms with Crippen molar-refractivity contribution in [2.24, 2.45) is 13.0 Å². The number of Topliss-reactive ketones (excluding diaryl/α,β-unsaturated/α-hetero) is 1. The van der Waals surface area contributed by atoms with Crippen LogP contribution in [0.15, 0.2) is 72.8 Å². The third kappa shape index (κ3) is 4.95. The van der Waals surface area contributed by atoms with E-state index in [4.69, 9.17) is 0 Å². The van der Waals surface area contributed by atoms with E-state index in [9.17, 15) is 14.7 Å². The second kappa shape index (κ2) is 9.69. The highest BCUT2D eigenvalue weighted by Gasteiger charge is 2.21. The third-order valence-electron chi connectivity index (χ3n) is 5.89. The van der Waals surface area contributed by atoms with E-state index in [2.05, 4.69) is 10.3 Å². The summed E-state index contributed by atoms with van der Waals surface area (Å²) in [4.78, 5) is 28.5. The number of benzene rings is 3. The van der Waals surface area contributed by atoms with Crippen LogP contribution in [0.4, 0.5) is 11.6 Å². The molecule has 0 amide bonds. The van der Waals surface area contributed by atoms with Crippen LogP contribution in [0.25, 0.3) is 22.2 Å². The molecule has 0 spiro atoms. The zero-order valence-electron chi connectivity index (χ0n) is 18.8. The molecule has 0 aliphatic carbocycles. The number of nitrogens with zero attached hydrogens (tertiary/aromatic N) is 2. The van der Waals surface area contributed by atoms with Gasteiger partial charge in [-0.1, -0.05) is 61.9 Å². The number of carbonyl (C=O) groups is 2. The van der Waals surface area contributed by atoms with Gasteiger partial charge >= 0.3 is 5.97 Å². The minimum atomic E-state index is -0.908. The normalized spacial score (nSPS) is 11.9. The van der Waals surface area contributed by atoms with Gasteiger partial charge < -0.3 is 15.0 Å². The molecule has 0 saturated heterocycles. The van der Waals surface area contributed by atoms with E-state index >= 15 is 0 Å². The van der Waals surface area contributed by atoms with Crippen LogP contribution in [0.3, 0.4) is 0 Å². The van der Waals surface area contributed by atoms with Crippen LogP contribution >= 0.6 is 0 Å². The molecule has 1 heterocycles. The van der Waals surface area contributed by atoms with Gasteiger partial charge in [0.1, 0.15) is 0 Å². The number of rotatable bonds is 9. The van der Waals surface area contributed by atoms with Gasteiger partial charge in [0.15, 0.2) is 5.78 Å². The summed E-state index contributed by atoms with van der Waals surface area (Å²) in [5.41, 5.74) is 5.50. The van der Waals surface area contributed by atoms with Crippen molar-refractivity contribution in [2.45, 2.75) is 26.2 Å². The Labute approximate surface area is 192 Å². The van der Waals surface area contributed by atoms with Gasteiger partial charge in [0.2, 0.25) is 5.95 Å². The molecule has 3 aromatic carbocycles. The number of aromatic nitrogens is 2. The van der Waals surface area contributed by atoms with Gasteiger partial charge in [-0.25, -0.2) is 4.98 Å². The molecule has 1 aromatic heterocycles. The lowest BCUT2D eigenvalue weighted by atomic mass is 9.93. The quantitative estimate of drug-likeness (QED) is 0.309. The SMILES string of the molecule is CCCC(CC(=O)c1ccc(-c2ccc(Nc3nc4ccccc4n3C)cc2)cc1)C(=O)O. The maximum atomic E-state index is 12.5. The number of carbonyl (C=O) groups excluding carboxylic acids is 1. The summed E-state index contributed by atoms with van der Waals surface area (Å²) >= 11 is 0. The Hall–Kier alpha value is -3.93. The summed E-state index contributed by atoms with van der Waals surface area (Å²) in [5.74, 6) is -0.897. The Bertz CT molecular complexity index is 1270. The molecule has 168 valence electrons. The average Bonchev–Trinajstić information content (AvgIpc) is 3.14. The van der Waals surface area contributed by atoms with Crippen molar-refractivity contribution < 1.29 is 14.7 Å². The van der Waals surface area contributed by atoms with E-state index < -0.39 is 11.9 Å². The van der Waals surface area contributed by atoms with Gasteiger partial charge in [0.25, 0.3) is 0 Å². The van der Waals surface area contributed by atoms with Crippen molar-refractivity contribution in [3.63, 3.8) is 0 Å². The Morgan fingerprint density at radius 3 is 2.21 bits per heavy atom.